The van der Waals surface area contributed by atoms with E-state index < -0.39 is 39.5 Å². The zero-order valence-corrected chi connectivity index (χ0v) is 12.0. The molecule has 2 bridgehead atoms. The number of hydrogen-bond donors (Lipinski definition) is 0. The van der Waals surface area contributed by atoms with E-state index in [0.29, 0.717) is 0 Å². The predicted octanol–water partition coefficient (Wildman–Crippen LogP) is 3.76. The molecular weight excluding hydrogens is 414 g/mol. The first-order valence-electron chi connectivity index (χ1n) is 5.04. The highest BCUT2D eigenvalue weighted by molar-refractivity contribution is 9.10. The first-order chi connectivity index (χ1) is 8.50. The van der Waals surface area contributed by atoms with Gasteiger partial charge in [0, 0.05) is 15.6 Å². The van der Waals surface area contributed by atoms with Gasteiger partial charge in [0.05, 0.1) is 11.3 Å². The molecule has 4 atom stereocenters. The maximum Gasteiger partial charge on any atom is 0.422 e. The largest absolute Gasteiger partial charge is 0.422 e. The van der Waals surface area contributed by atoms with Crippen LogP contribution < -0.4 is 0 Å². The molecule has 1 saturated heterocycles. The summed E-state index contributed by atoms with van der Waals surface area (Å²) in [6.45, 7) is 0. The standard InChI is InChI=1S/C8H6Br2F6N2O/c9-3-1-2-4(10)5(3)18(17-19)6(2,7(11,12)13)8(14,15)16/h2-5H,1H2. The highest BCUT2D eigenvalue weighted by Gasteiger charge is 2.85. The molecule has 0 N–H and O–H groups in total. The van der Waals surface area contributed by atoms with E-state index in [2.05, 4.69) is 31.9 Å². The molecule has 19 heavy (non-hydrogen) atoms. The summed E-state index contributed by atoms with van der Waals surface area (Å²) in [5, 5.41) is 1.67. The summed E-state index contributed by atoms with van der Waals surface area (Å²) in [5.74, 6) is -1.82. The van der Waals surface area contributed by atoms with Crippen molar-refractivity contribution in [2.75, 3.05) is 0 Å². The lowest BCUT2D eigenvalue weighted by Crippen LogP contribution is -2.69. The van der Waals surface area contributed by atoms with Crippen LogP contribution in [0.4, 0.5) is 26.3 Å². The molecule has 0 spiro atoms. The van der Waals surface area contributed by atoms with E-state index in [1.54, 1.807) is 0 Å². The number of alkyl halides is 8. The Morgan fingerprint density at radius 3 is 1.95 bits per heavy atom. The van der Waals surface area contributed by atoms with Crippen molar-refractivity contribution < 1.29 is 26.3 Å². The van der Waals surface area contributed by atoms with Gasteiger partial charge in [0.1, 0.15) is 0 Å². The van der Waals surface area contributed by atoms with Crippen LogP contribution in [-0.4, -0.2) is 38.6 Å². The molecule has 1 saturated carbocycles. The molecule has 1 aliphatic carbocycles. The number of piperidine rings is 1. The fraction of sp³-hybridized carbons (Fsp3) is 1.00. The van der Waals surface area contributed by atoms with Crippen molar-refractivity contribution in [3.8, 4) is 0 Å². The van der Waals surface area contributed by atoms with Crippen molar-refractivity contribution in [2.24, 2.45) is 11.2 Å². The number of nitrogens with zero attached hydrogens (tertiary/aromatic N) is 2. The van der Waals surface area contributed by atoms with Gasteiger partial charge in [0.15, 0.2) is 0 Å². The van der Waals surface area contributed by atoms with E-state index in [-0.39, 0.29) is 11.4 Å². The van der Waals surface area contributed by atoms with Gasteiger partial charge in [-0.1, -0.05) is 31.9 Å². The number of halogens is 8. The van der Waals surface area contributed by atoms with Gasteiger partial charge in [-0.3, -0.25) is 0 Å². The predicted molar refractivity (Wildman–Crippen MR) is 59.8 cm³/mol. The van der Waals surface area contributed by atoms with Crippen molar-refractivity contribution in [3.63, 3.8) is 0 Å². The molecule has 0 aromatic rings. The van der Waals surface area contributed by atoms with Gasteiger partial charge in [-0.25, -0.2) is 5.01 Å². The fourth-order valence-electron chi connectivity index (χ4n) is 3.00. The third-order valence-corrected chi connectivity index (χ3v) is 5.79. The van der Waals surface area contributed by atoms with E-state index in [1.165, 1.54) is 0 Å². The van der Waals surface area contributed by atoms with Crippen LogP contribution in [0, 0.1) is 10.8 Å². The Kier molecular flexibility index (Phi) is 3.40. The normalized spacial score (nSPS) is 37.8. The van der Waals surface area contributed by atoms with Crippen molar-refractivity contribution in [1.82, 2.24) is 5.01 Å². The third-order valence-electron chi connectivity index (χ3n) is 3.69. The summed E-state index contributed by atoms with van der Waals surface area (Å²) >= 11 is 5.84. The molecule has 0 radical (unpaired) electrons. The topological polar surface area (TPSA) is 32.7 Å². The quantitative estimate of drug-likeness (QED) is 0.368. The minimum atomic E-state index is -5.64. The van der Waals surface area contributed by atoms with Crippen LogP contribution in [0.5, 0.6) is 0 Å². The zero-order valence-electron chi connectivity index (χ0n) is 8.84. The van der Waals surface area contributed by atoms with E-state index in [9.17, 15) is 31.2 Å². The van der Waals surface area contributed by atoms with Crippen molar-refractivity contribution in [3.05, 3.63) is 4.91 Å². The van der Waals surface area contributed by atoms with Crippen LogP contribution in [0.2, 0.25) is 0 Å². The Morgan fingerprint density at radius 1 is 1.11 bits per heavy atom. The van der Waals surface area contributed by atoms with E-state index in [0.717, 1.165) is 0 Å². The highest BCUT2D eigenvalue weighted by atomic mass is 79.9. The van der Waals surface area contributed by atoms with E-state index in [1.807, 2.05) is 5.29 Å². The van der Waals surface area contributed by atoms with Crippen molar-refractivity contribution >= 4 is 31.9 Å². The molecule has 0 amide bonds. The number of nitroso groups, excluding NO2 is 1. The summed E-state index contributed by atoms with van der Waals surface area (Å²) in [7, 11) is 0. The number of fused-ring (bicyclic) bond motifs is 2. The van der Waals surface area contributed by atoms with Gasteiger partial charge in [-0.15, -0.1) is 4.91 Å². The Labute approximate surface area is 119 Å². The maximum absolute atomic E-state index is 13.1. The van der Waals surface area contributed by atoms with Gasteiger partial charge >= 0.3 is 12.4 Å². The molecule has 1 heterocycles. The fourth-order valence-corrected chi connectivity index (χ4v) is 5.56. The molecule has 4 unspecified atom stereocenters. The Bertz CT molecular complexity index is 386. The highest BCUT2D eigenvalue weighted by Crippen LogP contribution is 2.64. The molecular formula is C8H6Br2F6N2O. The van der Waals surface area contributed by atoms with E-state index >= 15 is 0 Å². The van der Waals surface area contributed by atoms with Gasteiger partial charge < -0.3 is 0 Å². The van der Waals surface area contributed by atoms with Gasteiger partial charge in [-0.05, 0) is 6.42 Å². The Hall–Kier alpha value is -0.0600. The molecule has 3 nitrogen and oxygen atoms in total. The minimum Gasteiger partial charge on any atom is -0.231 e. The second-order valence-electron chi connectivity index (χ2n) is 4.48. The Morgan fingerprint density at radius 2 is 1.58 bits per heavy atom. The molecule has 2 aliphatic rings. The molecule has 11 heteroatoms. The van der Waals surface area contributed by atoms with Crippen LogP contribution in [-0.2, 0) is 0 Å². The first-order valence-corrected chi connectivity index (χ1v) is 6.87. The summed E-state index contributed by atoms with van der Waals surface area (Å²) in [5.41, 5.74) is -4.22. The van der Waals surface area contributed by atoms with Gasteiger partial charge in [0.25, 0.3) is 5.54 Å². The Balaban J connectivity index is 2.66. The van der Waals surface area contributed by atoms with Crippen molar-refractivity contribution in [1.29, 1.82) is 0 Å². The second kappa shape index (κ2) is 4.22. The molecule has 2 rings (SSSR count). The average molecular weight is 420 g/mol. The molecule has 0 aromatic heterocycles. The lowest BCUT2D eigenvalue weighted by molar-refractivity contribution is -0.352. The number of hydrogen-bond acceptors (Lipinski definition) is 2. The zero-order chi connectivity index (χ0) is 14.8. The number of rotatable bonds is 1. The average Bonchev–Trinajstić information content (AvgIpc) is 2.63. The summed E-state index contributed by atoms with van der Waals surface area (Å²) in [6.07, 6.45) is -11.6. The minimum absolute atomic E-state index is 0.342. The molecule has 110 valence electrons. The SMILES string of the molecule is O=NN1C2C(Br)CC(C2Br)C1(C(F)(F)F)C(F)(F)F. The third kappa shape index (κ3) is 1.69. The lowest BCUT2D eigenvalue weighted by Gasteiger charge is -2.45. The summed E-state index contributed by atoms with van der Waals surface area (Å²) in [6, 6.07) is -1.29. The van der Waals surface area contributed by atoms with Crippen LogP contribution in [0.15, 0.2) is 5.29 Å². The summed E-state index contributed by atoms with van der Waals surface area (Å²) in [4.78, 5) is 8.86. The van der Waals surface area contributed by atoms with Gasteiger partial charge in [0.2, 0.25) is 0 Å². The van der Waals surface area contributed by atoms with Gasteiger partial charge in [-0.2, -0.15) is 26.3 Å². The smallest absolute Gasteiger partial charge is 0.231 e. The summed E-state index contributed by atoms with van der Waals surface area (Å²) < 4.78 is 78.7. The molecule has 0 aromatic carbocycles. The van der Waals surface area contributed by atoms with Crippen LogP contribution >= 0.6 is 31.9 Å². The van der Waals surface area contributed by atoms with Crippen LogP contribution in [0.1, 0.15) is 6.42 Å². The maximum atomic E-state index is 13.1. The lowest BCUT2D eigenvalue weighted by atomic mass is 9.82. The van der Waals surface area contributed by atoms with Crippen LogP contribution in [0.3, 0.4) is 0 Å². The van der Waals surface area contributed by atoms with Crippen molar-refractivity contribution in [2.45, 2.75) is 40.0 Å². The van der Waals surface area contributed by atoms with Crippen LogP contribution in [0.25, 0.3) is 0 Å². The monoisotopic (exact) mass is 418 g/mol. The van der Waals surface area contributed by atoms with E-state index in [4.69, 9.17) is 0 Å². The molecule has 1 aliphatic heterocycles. The molecule has 2 fully saturated rings. The second-order valence-corrected chi connectivity index (χ2v) is 6.71. The first kappa shape index (κ1) is 15.3.